The SMILES string of the molecule is Cl.Cl.Nc1cccc2nc(C(=O)O)ccc12. The summed E-state index contributed by atoms with van der Waals surface area (Å²) in [4.78, 5) is 14.6. The van der Waals surface area contributed by atoms with Crippen molar-refractivity contribution in [2.45, 2.75) is 0 Å². The Morgan fingerprint density at radius 3 is 2.50 bits per heavy atom. The number of hydrogen-bond donors (Lipinski definition) is 2. The van der Waals surface area contributed by atoms with Crippen LogP contribution in [0.1, 0.15) is 10.5 Å². The third-order valence-electron chi connectivity index (χ3n) is 1.98. The van der Waals surface area contributed by atoms with Crippen molar-refractivity contribution in [3.05, 3.63) is 36.0 Å². The third kappa shape index (κ3) is 2.53. The second-order valence-electron chi connectivity index (χ2n) is 2.92. The van der Waals surface area contributed by atoms with Gasteiger partial charge in [-0.1, -0.05) is 6.07 Å². The standard InChI is InChI=1S/C10H8N2O2.2ClH/c11-7-2-1-3-8-6(7)4-5-9(12-8)10(13)14;;/h1-5H,11H2,(H,13,14);2*1H. The van der Waals surface area contributed by atoms with Crippen molar-refractivity contribution in [1.29, 1.82) is 0 Å². The number of nitrogen functional groups attached to an aromatic ring is 1. The molecule has 16 heavy (non-hydrogen) atoms. The summed E-state index contributed by atoms with van der Waals surface area (Å²) >= 11 is 0. The molecule has 0 saturated heterocycles. The van der Waals surface area contributed by atoms with E-state index >= 15 is 0 Å². The Hall–Kier alpha value is -1.52. The number of benzene rings is 1. The molecule has 2 aromatic rings. The highest BCUT2D eigenvalue weighted by Crippen LogP contribution is 2.18. The Kier molecular flexibility index (Phi) is 5.01. The number of carbonyl (C=O) groups is 1. The number of hydrogen-bond acceptors (Lipinski definition) is 3. The van der Waals surface area contributed by atoms with E-state index in [1.807, 2.05) is 0 Å². The van der Waals surface area contributed by atoms with Crippen molar-refractivity contribution in [2.75, 3.05) is 5.73 Å². The summed E-state index contributed by atoms with van der Waals surface area (Å²) in [6.07, 6.45) is 0. The quantitative estimate of drug-likeness (QED) is 0.772. The summed E-state index contributed by atoms with van der Waals surface area (Å²) in [5, 5.41) is 9.50. The number of aromatic nitrogens is 1. The highest BCUT2D eigenvalue weighted by atomic mass is 35.5. The molecule has 1 aromatic carbocycles. The number of fused-ring (bicyclic) bond motifs is 1. The minimum absolute atomic E-state index is 0. The molecule has 0 aliphatic rings. The van der Waals surface area contributed by atoms with Crippen LogP contribution in [0.2, 0.25) is 0 Å². The van der Waals surface area contributed by atoms with Crippen molar-refractivity contribution >= 4 is 47.4 Å². The molecule has 0 radical (unpaired) electrons. The first-order valence-corrected chi connectivity index (χ1v) is 4.07. The Labute approximate surface area is 104 Å². The lowest BCUT2D eigenvalue weighted by molar-refractivity contribution is 0.0691. The minimum atomic E-state index is -1.03. The first-order valence-electron chi connectivity index (χ1n) is 4.07. The van der Waals surface area contributed by atoms with Gasteiger partial charge in [0.2, 0.25) is 0 Å². The molecule has 0 unspecified atom stereocenters. The van der Waals surface area contributed by atoms with Crippen LogP contribution in [0, 0.1) is 0 Å². The molecule has 3 N–H and O–H groups in total. The molecule has 0 fully saturated rings. The van der Waals surface area contributed by atoms with Gasteiger partial charge >= 0.3 is 5.97 Å². The molecule has 0 bridgehead atoms. The Morgan fingerprint density at radius 1 is 1.19 bits per heavy atom. The van der Waals surface area contributed by atoms with Crippen LogP contribution < -0.4 is 5.73 Å². The number of aromatic carboxylic acids is 1. The first-order chi connectivity index (χ1) is 6.68. The van der Waals surface area contributed by atoms with Crippen molar-refractivity contribution in [1.82, 2.24) is 4.98 Å². The van der Waals surface area contributed by atoms with Crippen molar-refractivity contribution in [2.24, 2.45) is 0 Å². The fraction of sp³-hybridized carbons (Fsp3) is 0. The zero-order valence-corrected chi connectivity index (χ0v) is 9.72. The van der Waals surface area contributed by atoms with Gasteiger partial charge in [-0.15, -0.1) is 24.8 Å². The van der Waals surface area contributed by atoms with Gasteiger partial charge < -0.3 is 10.8 Å². The van der Waals surface area contributed by atoms with Gasteiger partial charge in [-0.2, -0.15) is 0 Å². The molecule has 86 valence electrons. The normalized spacial score (nSPS) is 9.00. The van der Waals surface area contributed by atoms with Crippen LogP contribution in [-0.2, 0) is 0 Å². The van der Waals surface area contributed by atoms with E-state index in [-0.39, 0.29) is 30.5 Å². The number of anilines is 1. The molecule has 1 heterocycles. The van der Waals surface area contributed by atoms with E-state index in [1.165, 1.54) is 6.07 Å². The molecule has 6 heteroatoms. The van der Waals surface area contributed by atoms with E-state index < -0.39 is 5.97 Å². The molecular weight excluding hydrogens is 251 g/mol. The topological polar surface area (TPSA) is 76.2 Å². The summed E-state index contributed by atoms with van der Waals surface area (Å²) in [6.45, 7) is 0. The molecule has 0 amide bonds. The van der Waals surface area contributed by atoms with Crippen molar-refractivity contribution < 1.29 is 9.90 Å². The molecule has 0 aliphatic carbocycles. The second kappa shape index (κ2) is 5.53. The van der Waals surface area contributed by atoms with Crippen LogP contribution >= 0.6 is 24.8 Å². The number of nitrogens with two attached hydrogens (primary N) is 1. The van der Waals surface area contributed by atoms with Crippen LogP contribution in [0.15, 0.2) is 30.3 Å². The van der Waals surface area contributed by atoms with E-state index in [2.05, 4.69) is 4.98 Å². The molecule has 0 saturated carbocycles. The van der Waals surface area contributed by atoms with Gasteiger partial charge in [0.25, 0.3) is 0 Å². The predicted molar refractivity (Wildman–Crippen MR) is 67.6 cm³/mol. The lowest BCUT2D eigenvalue weighted by atomic mass is 10.1. The molecule has 0 spiro atoms. The average Bonchev–Trinajstić information content (AvgIpc) is 2.17. The number of nitrogens with zero attached hydrogens (tertiary/aromatic N) is 1. The van der Waals surface area contributed by atoms with Gasteiger partial charge in [0, 0.05) is 11.1 Å². The summed E-state index contributed by atoms with van der Waals surface area (Å²) in [5.41, 5.74) is 6.93. The molecule has 0 atom stereocenters. The summed E-state index contributed by atoms with van der Waals surface area (Å²) in [5.74, 6) is -1.03. The van der Waals surface area contributed by atoms with Crippen LogP contribution in [0.4, 0.5) is 5.69 Å². The molecule has 4 nitrogen and oxygen atoms in total. The Morgan fingerprint density at radius 2 is 1.88 bits per heavy atom. The molecule has 0 aliphatic heterocycles. The van der Waals surface area contributed by atoms with E-state index in [0.29, 0.717) is 11.2 Å². The van der Waals surface area contributed by atoms with Crippen molar-refractivity contribution in [3.63, 3.8) is 0 Å². The number of carboxylic acid groups (broad SMARTS) is 1. The van der Waals surface area contributed by atoms with E-state index in [1.54, 1.807) is 24.3 Å². The zero-order valence-electron chi connectivity index (χ0n) is 8.08. The number of halogens is 2. The predicted octanol–water partition coefficient (Wildman–Crippen LogP) is 2.36. The maximum atomic E-state index is 10.6. The van der Waals surface area contributed by atoms with Gasteiger partial charge in [-0.3, -0.25) is 0 Å². The van der Waals surface area contributed by atoms with E-state index in [0.717, 1.165) is 5.39 Å². The summed E-state index contributed by atoms with van der Waals surface area (Å²) < 4.78 is 0. The summed E-state index contributed by atoms with van der Waals surface area (Å²) in [7, 11) is 0. The number of carboxylic acids is 1. The molecule has 2 rings (SSSR count). The number of pyridine rings is 1. The highest BCUT2D eigenvalue weighted by molar-refractivity contribution is 5.94. The lowest BCUT2D eigenvalue weighted by Crippen LogP contribution is -2.00. The van der Waals surface area contributed by atoms with Gasteiger partial charge in [0.15, 0.2) is 0 Å². The fourth-order valence-electron chi connectivity index (χ4n) is 1.30. The monoisotopic (exact) mass is 260 g/mol. The largest absolute Gasteiger partial charge is 0.477 e. The summed E-state index contributed by atoms with van der Waals surface area (Å²) in [6, 6.07) is 8.35. The van der Waals surface area contributed by atoms with Gasteiger partial charge in [0.1, 0.15) is 5.69 Å². The fourth-order valence-corrected chi connectivity index (χ4v) is 1.30. The van der Waals surface area contributed by atoms with Crippen LogP contribution in [0.25, 0.3) is 10.9 Å². The van der Waals surface area contributed by atoms with Crippen molar-refractivity contribution in [3.8, 4) is 0 Å². The maximum Gasteiger partial charge on any atom is 0.354 e. The zero-order chi connectivity index (χ0) is 10.1. The smallest absolute Gasteiger partial charge is 0.354 e. The van der Waals surface area contributed by atoms with Crippen LogP contribution in [0.5, 0.6) is 0 Å². The minimum Gasteiger partial charge on any atom is -0.477 e. The van der Waals surface area contributed by atoms with Gasteiger partial charge in [-0.05, 0) is 24.3 Å². The maximum absolute atomic E-state index is 10.6. The van der Waals surface area contributed by atoms with Gasteiger partial charge in [0.05, 0.1) is 5.52 Å². The second-order valence-corrected chi connectivity index (χ2v) is 2.92. The van der Waals surface area contributed by atoms with E-state index in [9.17, 15) is 4.79 Å². The Bertz CT molecular complexity index is 517. The lowest BCUT2D eigenvalue weighted by Gasteiger charge is -2.01. The Balaban J connectivity index is 0.00000112. The third-order valence-corrected chi connectivity index (χ3v) is 1.98. The highest BCUT2D eigenvalue weighted by Gasteiger charge is 2.05. The number of rotatable bonds is 1. The van der Waals surface area contributed by atoms with Crippen LogP contribution in [-0.4, -0.2) is 16.1 Å². The molecule has 1 aromatic heterocycles. The average molecular weight is 261 g/mol. The van der Waals surface area contributed by atoms with Crippen LogP contribution in [0.3, 0.4) is 0 Å². The van der Waals surface area contributed by atoms with Gasteiger partial charge in [-0.25, -0.2) is 9.78 Å². The first kappa shape index (κ1) is 14.5. The van der Waals surface area contributed by atoms with E-state index in [4.69, 9.17) is 10.8 Å². The molecular formula is C10H10Cl2N2O2.